The Morgan fingerprint density at radius 2 is 1.90 bits per heavy atom. The second kappa shape index (κ2) is 6.95. The first kappa shape index (κ1) is 15.7. The molecule has 1 saturated carbocycles. The molecule has 0 aromatic heterocycles. The molecule has 122 valence electrons. The maximum atomic E-state index is 9.66. The second-order valence-corrected chi connectivity index (χ2v) is 7.73. The van der Waals surface area contributed by atoms with Crippen LogP contribution in [0.4, 0.5) is 0 Å². The molecule has 2 saturated heterocycles. The van der Waals surface area contributed by atoms with Crippen molar-refractivity contribution in [2.24, 2.45) is 0 Å². The van der Waals surface area contributed by atoms with Crippen molar-refractivity contribution in [1.29, 1.82) is 0 Å². The van der Waals surface area contributed by atoms with E-state index in [-0.39, 0.29) is 12.1 Å². The van der Waals surface area contributed by atoms with Crippen molar-refractivity contribution in [3.05, 3.63) is 0 Å². The van der Waals surface area contributed by atoms with Gasteiger partial charge in [0.05, 0.1) is 6.61 Å². The van der Waals surface area contributed by atoms with Crippen LogP contribution in [0.25, 0.3) is 0 Å². The van der Waals surface area contributed by atoms with E-state index in [9.17, 15) is 5.11 Å². The van der Waals surface area contributed by atoms with Crippen molar-refractivity contribution in [2.75, 3.05) is 39.3 Å². The molecule has 1 aliphatic carbocycles. The van der Waals surface area contributed by atoms with Gasteiger partial charge in [0.25, 0.3) is 0 Å². The molecule has 0 radical (unpaired) electrons. The Bertz CT molecular complexity index is 328. The van der Waals surface area contributed by atoms with E-state index >= 15 is 0 Å². The van der Waals surface area contributed by atoms with Gasteiger partial charge in [-0.15, -0.1) is 0 Å². The number of likely N-dealkylation sites (tertiary alicyclic amines) is 2. The highest BCUT2D eigenvalue weighted by Gasteiger charge is 2.32. The molecule has 4 nitrogen and oxygen atoms in total. The summed E-state index contributed by atoms with van der Waals surface area (Å²) in [6, 6.07) is 1.50. The van der Waals surface area contributed by atoms with Crippen LogP contribution in [0.1, 0.15) is 51.9 Å². The van der Waals surface area contributed by atoms with Crippen molar-refractivity contribution >= 4 is 0 Å². The maximum Gasteiger partial charge on any atom is 0.0610 e. The molecule has 0 aromatic rings. The number of aliphatic hydroxyl groups excluding tert-OH is 1. The van der Waals surface area contributed by atoms with Gasteiger partial charge in [-0.1, -0.05) is 0 Å². The summed E-state index contributed by atoms with van der Waals surface area (Å²) < 4.78 is 0. The van der Waals surface area contributed by atoms with Gasteiger partial charge in [-0.25, -0.2) is 0 Å². The fourth-order valence-electron chi connectivity index (χ4n) is 4.03. The molecule has 3 aliphatic rings. The fourth-order valence-corrected chi connectivity index (χ4v) is 4.03. The average Bonchev–Trinajstić information content (AvgIpc) is 2.97. The van der Waals surface area contributed by atoms with Gasteiger partial charge in [0, 0.05) is 24.2 Å². The maximum absolute atomic E-state index is 9.66. The molecule has 0 spiro atoms. The smallest absolute Gasteiger partial charge is 0.0610 e. The van der Waals surface area contributed by atoms with Crippen LogP contribution in [0.2, 0.25) is 0 Å². The Morgan fingerprint density at radius 3 is 2.57 bits per heavy atom. The molecule has 2 aliphatic heterocycles. The lowest BCUT2D eigenvalue weighted by molar-refractivity contribution is 0.155. The van der Waals surface area contributed by atoms with Crippen molar-refractivity contribution < 1.29 is 5.11 Å². The quantitative estimate of drug-likeness (QED) is 0.711. The third-order valence-corrected chi connectivity index (χ3v) is 5.59. The monoisotopic (exact) mass is 295 g/mol. The van der Waals surface area contributed by atoms with Crippen LogP contribution in [0.3, 0.4) is 0 Å². The Morgan fingerprint density at radius 1 is 1.14 bits per heavy atom. The third kappa shape index (κ3) is 4.41. The molecular formula is C17H33N3O. The summed E-state index contributed by atoms with van der Waals surface area (Å²) in [6.45, 7) is 8.84. The highest BCUT2D eigenvalue weighted by atomic mass is 16.3. The van der Waals surface area contributed by atoms with E-state index in [1.54, 1.807) is 0 Å². The van der Waals surface area contributed by atoms with Gasteiger partial charge in [0.1, 0.15) is 0 Å². The SMILES string of the molecule is CC(CO)(CCCN1CCC(N2CCCC2)C1)NC1CC1. The molecule has 0 aromatic carbocycles. The molecule has 2 N–H and O–H groups in total. The molecule has 3 fully saturated rings. The van der Waals surface area contributed by atoms with Crippen molar-refractivity contribution in [3.63, 3.8) is 0 Å². The van der Waals surface area contributed by atoms with Crippen LogP contribution in [0, 0.1) is 0 Å². The zero-order valence-corrected chi connectivity index (χ0v) is 13.7. The van der Waals surface area contributed by atoms with Gasteiger partial charge in [-0.05, 0) is 78.0 Å². The number of nitrogens with one attached hydrogen (secondary N) is 1. The topological polar surface area (TPSA) is 38.7 Å². The first-order valence-electron chi connectivity index (χ1n) is 9.03. The Balaban J connectivity index is 1.35. The zero-order chi connectivity index (χ0) is 14.7. The van der Waals surface area contributed by atoms with Crippen LogP contribution in [0.15, 0.2) is 0 Å². The van der Waals surface area contributed by atoms with E-state index in [0.717, 1.165) is 12.5 Å². The van der Waals surface area contributed by atoms with Crippen molar-refractivity contribution in [1.82, 2.24) is 15.1 Å². The zero-order valence-electron chi connectivity index (χ0n) is 13.7. The molecule has 0 amide bonds. The number of aliphatic hydroxyl groups is 1. The van der Waals surface area contributed by atoms with E-state index in [1.165, 1.54) is 71.2 Å². The summed E-state index contributed by atoms with van der Waals surface area (Å²) in [5.41, 5.74) is -0.0603. The lowest BCUT2D eigenvalue weighted by Crippen LogP contribution is -2.47. The number of hydrogen-bond acceptors (Lipinski definition) is 4. The largest absolute Gasteiger partial charge is 0.394 e. The Kier molecular flexibility index (Phi) is 5.20. The van der Waals surface area contributed by atoms with Crippen LogP contribution in [-0.4, -0.2) is 71.9 Å². The van der Waals surface area contributed by atoms with Gasteiger partial charge in [-0.2, -0.15) is 0 Å². The first-order valence-corrected chi connectivity index (χ1v) is 9.03. The summed E-state index contributed by atoms with van der Waals surface area (Å²) in [5.74, 6) is 0. The summed E-state index contributed by atoms with van der Waals surface area (Å²) in [4.78, 5) is 5.34. The van der Waals surface area contributed by atoms with Gasteiger partial charge < -0.3 is 15.3 Å². The Hall–Kier alpha value is -0.160. The molecule has 4 heteroatoms. The average molecular weight is 295 g/mol. The minimum Gasteiger partial charge on any atom is -0.394 e. The Labute approximate surface area is 129 Å². The number of rotatable bonds is 8. The van der Waals surface area contributed by atoms with Gasteiger partial charge in [0.15, 0.2) is 0 Å². The standard InChI is InChI=1S/C17H33N3O/c1-17(14-21,18-15-5-6-15)8-4-9-19-12-7-16(13-19)20-10-2-3-11-20/h15-16,18,21H,2-14H2,1H3. The molecule has 0 bridgehead atoms. The molecule has 21 heavy (non-hydrogen) atoms. The molecule has 2 heterocycles. The lowest BCUT2D eigenvalue weighted by Gasteiger charge is -2.30. The third-order valence-electron chi connectivity index (χ3n) is 5.59. The lowest BCUT2D eigenvalue weighted by atomic mass is 9.96. The molecule has 2 atom stereocenters. The summed E-state index contributed by atoms with van der Waals surface area (Å²) in [7, 11) is 0. The highest BCUT2D eigenvalue weighted by molar-refractivity contribution is 4.92. The van der Waals surface area contributed by atoms with Gasteiger partial charge in [0.2, 0.25) is 0 Å². The summed E-state index contributed by atoms with van der Waals surface area (Å²) in [5, 5.41) is 13.3. The fraction of sp³-hybridized carbons (Fsp3) is 1.00. The first-order chi connectivity index (χ1) is 10.2. The predicted molar refractivity (Wildman–Crippen MR) is 86.5 cm³/mol. The van der Waals surface area contributed by atoms with Crippen LogP contribution < -0.4 is 5.32 Å². The highest BCUT2D eigenvalue weighted by Crippen LogP contribution is 2.25. The van der Waals surface area contributed by atoms with E-state index in [4.69, 9.17) is 0 Å². The predicted octanol–water partition coefficient (Wildman–Crippen LogP) is 1.44. The molecule has 2 unspecified atom stereocenters. The van der Waals surface area contributed by atoms with E-state index in [2.05, 4.69) is 22.0 Å². The van der Waals surface area contributed by atoms with Crippen LogP contribution >= 0.6 is 0 Å². The minimum atomic E-state index is -0.0603. The van der Waals surface area contributed by atoms with E-state index < -0.39 is 0 Å². The number of nitrogens with zero attached hydrogens (tertiary/aromatic N) is 2. The van der Waals surface area contributed by atoms with Crippen molar-refractivity contribution in [2.45, 2.75) is 69.5 Å². The van der Waals surface area contributed by atoms with Gasteiger partial charge in [-0.3, -0.25) is 4.90 Å². The van der Waals surface area contributed by atoms with Crippen LogP contribution in [0.5, 0.6) is 0 Å². The van der Waals surface area contributed by atoms with Crippen LogP contribution in [-0.2, 0) is 0 Å². The van der Waals surface area contributed by atoms with Gasteiger partial charge >= 0.3 is 0 Å². The number of hydrogen-bond donors (Lipinski definition) is 2. The normalized spacial score (nSPS) is 30.9. The second-order valence-electron chi connectivity index (χ2n) is 7.73. The minimum absolute atomic E-state index is 0.0603. The van der Waals surface area contributed by atoms with E-state index in [1.807, 2.05) is 0 Å². The van der Waals surface area contributed by atoms with Crippen molar-refractivity contribution in [3.8, 4) is 0 Å². The molecule has 3 rings (SSSR count). The molecular weight excluding hydrogens is 262 g/mol. The summed E-state index contributed by atoms with van der Waals surface area (Å²) >= 11 is 0. The summed E-state index contributed by atoms with van der Waals surface area (Å²) in [6.07, 6.45) is 9.03. The van der Waals surface area contributed by atoms with E-state index in [0.29, 0.717) is 6.04 Å².